The normalized spacial score (nSPS) is 11.0. The van der Waals surface area contributed by atoms with E-state index in [2.05, 4.69) is 21.9 Å². The number of aromatic nitrogens is 3. The average molecular weight is 351 g/mol. The Bertz CT molecular complexity index is 664. The lowest BCUT2D eigenvalue weighted by Crippen LogP contribution is -2.37. The van der Waals surface area contributed by atoms with Crippen molar-refractivity contribution >= 4 is 0 Å². The highest BCUT2D eigenvalue weighted by molar-refractivity contribution is 5.19. The Kier molecular flexibility index (Phi) is 5.98. The fourth-order valence-electron chi connectivity index (χ4n) is 2.20. The maximum Gasteiger partial charge on any atom is 0.122 e. The van der Waals surface area contributed by atoms with Crippen molar-refractivity contribution in [3.8, 4) is 17.2 Å². The minimum Gasteiger partial charge on any atom is -0.493 e. The molecule has 3 rings (SSSR count). The molecule has 0 bridgehead atoms. The molecule has 0 fully saturated rings. The van der Waals surface area contributed by atoms with Gasteiger partial charge < -0.3 is 14.2 Å². The molecule has 0 radical (unpaired) electrons. The standard InChI is InChI=1S/C20H21N3O3/c1-20(14-24-17-2-8-21-9-3-17,15-25-18-4-10-22-11-5-18)16-26-19-6-12-23-13-7-19/h2-13H,14-16H2,1H3. The fraction of sp³-hybridized carbons (Fsp3) is 0.250. The summed E-state index contributed by atoms with van der Waals surface area (Å²) in [5, 5.41) is 0. The summed E-state index contributed by atoms with van der Waals surface area (Å²) in [4.78, 5) is 12.0. The van der Waals surface area contributed by atoms with E-state index in [1.165, 1.54) is 0 Å². The van der Waals surface area contributed by atoms with Gasteiger partial charge in [-0.05, 0) is 43.3 Å². The molecule has 0 aliphatic carbocycles. The molecular formula is C20H21N3O3. The van der Waals surface area contributed by atoms with Crippen LogP contribution < -0.4 is 14.2 Å². The van der Waals surface area contributed by atoms with E-state index >= 15 is 0 Å². The third-order valence-corrected chi connectivity index (χ3v) is 3.71. The molecule has 0 N–H and O–H groups in total. The van der Waals surface area contributed by atoms with E-state index in [0.29, 0.717) is 19.8 Å². The van der Waals surface area contributed by atoms with Gasteiger partial charge in [0.25, 0.3) is 0 Å². The second kappa shape index (κ2) is 8.80. The summed E-state index contributed by atoms with van der Waals surface area (Å²) >= 11 is 0. The molecule has 134 valence electrons. The van der Waals surface area contributed by atoms with Gasteiger partial charge in [0.2, 0.25) is 0 Å². The van der Waals surface area contributed by atoms with Crippen LogP contribution in [0.3, 0.4) is 0 Å². The summed E-state index contributed by atoms with van der Waals surface area (Å²) in [6.45, 7) is 3.38. The molecule has 26 heavy (non-hydrogen) atoms. The van der Waals surface area contributed by atoms with E-state index in [4.69, 9.17) is 14.2 Å². The predicted molar refractivity (Wildman–Crippen MR) is 97.3 cm³/mol. The number of rotatable bonds is 9. The van der Waals surface area contributed by atoms with Crippen LogP contribution in [-0.4, -0.2) is 34.8 Å². The topological polar surface area (TPSA) is 66.4 Å². The number of pyridine rings is 3. The Balaban J connectivity index is 1.64. The summed E-state index contributed by atoms with van der Waals surface area (Å²) in [6.07, 6.45) is 10.2. The van der Waals surface area contributed by atoms with Gasteiger partial charge in [0.15, 0.2) is 0 Å². The van der Waals surface area contributed by atoms with Crippen LogP contribution in [0.5, 0.6) is 17.2 Å². The van der Waals surface area contributed by atoms with Gasteiger partial charge >= 0.3 is 0 Å². The first-order chi connectivity index (χ1) is 12.7. The Labute approximate surface area is 152 Å². The van der Waals surface area contributed by atoms with Crippen LogP contribution in [-0.2, 0) is 0 Å². The maximum atomic E-state index is 5.92. The third kappa shape index (κ3) is 5.44. The zero-order valence-corrected chi connectivity index (χ0v) is 14.6. The molecule has 0 atom stereocenters. The lowest BCUT2D eigenvalue weighted by atomic mass is 9.94. The number of nitrogens with zero attached hydrogens (tertiary/aromatic N) is 3. The summed E-state index contributed by atoms with van der Waals surface area (Å²) in [7, 11) is 0. The molecule has 0 saturated carbocycles. The molecule has 0 aliphatic heterocycles. The second-order valence-corrected chi connectivity index (χ2v) is 6.23. The molecule has 3 aromatic rings. The van der Waals surface area contributed by atoms with Crippen molar-refractivity contribution in [1.82, 2.24) is 15.0 Å². The second-order valence-electron chi connectivity index (χ2n) is 6.23. The highest BCUT2D eigenvalue weighted by Crippen LogP contribution is 2.23. The van der Waals surface area contributed by atoms with Crippen LogP contribution in [0.4, 0.5) is 0 Å². The predicted octanol–water partition coefficient (Wildman–Crippen LogP) is 3.41. The largest absolute Gasteiger partial charge is 0.493 e. The van der Waals surface area contributed by atoms with Gasteiger partial charge in [0.1, 0.15) is 37.1 Å². The molecule has 3 aromatic heterocycles. The van der Waals surface area contributed by atoms with Crippen LogP contribution >= 0.6 is 0 Å². The van der Waals surface area contributed by atoms with Crippen molar-refractivity contribution in [2.45, 2.75) is 6.92 Å². The number of ether oxygens (including phenoxy) is 3. The Morgan fingerprint density at radius 2 is 0.846 bits per heavy atom. The first-order valence-electron chi connectivity index (χ1n) is 8.32. The molecule has 6 heteroatoms. The van der Waals surface area contributed by atoms with E-state index in [9.17, 15) is 0 Å². The van der Waals surface area contributed by atoms with Gasteiger partial charge in [0.05, 0.1) is 5.41 Å². The van der Waals surface area contributed by atoms with E-state index in [1.54, 1.807) is 37.2 Å². The molecule has 6 nitrogen and oxygen atoms in total. The molecule has 0 saturated heterocycles. The first-order valence-corrected chi connectivity index (χ1v) is 8.32. The Hall–Kier alpha value is -3.15. The van der Waals surface area contributed by atoms with Crippen molar-refractivity contribution in [2.75, 3.05) is 19.8 Å². The van der Waals surface area contributed by atoms with E-state index in [0.717, 1.165) is 17.2 Å². The fourth-order valence-corrected chi connectivity index (χ4v) is 2.20. The number of hydrogen-bond acceptors (Lipinski definition) is 6. The van der Waals surface area contributed by atoms with Gasteiger partial charge in [-0.3, -0.25) is 15.0 Å². The zero-order valence-electron chi connectivity index (χ0n) is 14.6. The highest BCUT2D eigenvalue weighted by Gasteiger charge is 2.28. The quantitative estimate of drug-likeness (QED) is 0.588. The molecule has 3 heterocycles. The molecular weight excluding hydrogens is 330 g/mol. The van der Waals surface area contributed by atoms with Crippen LogP contribution in [0.2, 0.25) is 0 Å². The lowest BCUT2D eigenvalue weighted by molar-refractivity contribution is 0.0472. The highest BCUT2D eigenvalue weighted by atomic mass is 16.5. The van der Waals surface area contributed by atoms with Gasteiger partial charge in [-0.25, -0.2) is 0 Å². The Morgan fingerprint density at radius 1 is 0.577 bits per heavy atom. The summed E-state index contributed by atoms with van der Waals surface area (Å²) in [5.74, 6) is 2.29. The van der Waals surface area contributed by atoms with E-state index < -0.39 is 0 Å². The molecule has 0 unspecified atom stereocenters. The van der Waals surface area contributed by atoms with Gasteiger partial charge in [-0.2, -0.15) is 0 Å². The van der Waals surface area contributed by atoms with Gasteiger partial charge in [0, 0.05) is 37.2 Å². The van der Waals surface area contributed by atoms with Crippen LogP contribution in [0.15, 0.2) is 73.6 Å². The summed E-state index contributed by atoms with van der Waals surface area (Å²) in [6, 6.07) is 11.0. The van der Waals surface area contributed by atoms with Crippen molar-refractivity contribution in [1.29, 1.82) is 0 Å². The maximum absolute atomic E-state index is 5.92. The van der Waals surface area contributed by atoms with Crippen molar-refractivity contribution < 1.29 is 14.2 Å². The summed E-state index contributed by atoms with van der Waals surface area (Å²) < 4.78 is 17.8. The first kappa shape index (κ1) is 17.7. The molecule has 0 spiro atoms. The van der Waals surface area contributed by atoms with Crippen molar-refractivity contribution in [2.24, 2.45) is 5.41 Å². The minimum atomic E-state index is -0.365. The van der Waals surface area contributed by atoms with Crippen LogP contribution in [0.25, 0.3) is 0 Å². The lowest BCUT2D eigenvalue weighted by Gasteiger charge is -2.29. The monoisotopic (exact) mass is 351 g/mol. The third-order valence-electron chi connectivity index (χ3n) is 3.71. The van der Waals surface area contributed by atoms with E-state index in [1.807, 2.05) is 36.4 Å². The molecule has 0 aliphatic rings. The minimum absolute atomic E-state index is 0.365. The van der Waals surface area contributed by atoms with E-state index in [-0.39, 0.29) is 5.41 Å². The SMILES string of the molecule is CC(COc1ccncc1)(COc1ccncc1)COc1ccncc1. The molecule has 0 amide bonds. The Morgan fingerprint density at radius 3 is 1.12 bits per heavy atom. The zero-order chi connectivity index (χ0) is 18.1. The average Bonchev–Trinajstić information content (AvgIpc) is 2.72. The van der Waals surface area contributed by atoms with Crippen LogP contribution in [0.1, 0.15) is 6.92 Å². The van der Waals surface area contributed by atoms with Gasteiger partial charge in [-0.15, -0.1) is 0 Å². The molecule has 0 aromatic carbocycles. The van der Waals surface area contributed by atoms with Crippen molar-refractivity contribution in [3.63, 3.8) is 0 Å². The van der Waals surface area contributed by atoms with Crippen molar-refractivity contribution in [3.05, 3.63) is 73.6 Å². The van der Waals surface area contributed by atoms with Crippen LogP contribution in [0, 0.1) is 5.41 Å². The number of hydrogen-bond donors (Lipinski definition) is 0. The van der Waals surface area contributed by atoms with Gasteiger partial charge in [-0.1, -0.05) is 0 Å². The smallest absolute Gasteiger partial charge is 0.122 e. The summed E-state index contributed by atoms with van der Waals surface area (Å²) in [5.41, 5.74) is -0.365.